The zero-order valence-electron chi connectivity index (χ0n) is 14.7. The molecule has 0 spiro atoms. The Labute approximate surface area is 153 Å². The van der Waals surface area contributed by atoms with Gasteiger partial charge in [0.2, 0.25) is 0 Å². The molecule has 0 aromatic heterocycles. The number of benzene rings is 1. The number of hydrogen-bond acceptors (Lipinski definition) is 4. The Bertz CT molecular complexity index is 561. The fourth-order valence-electron chi connectivity index (χ4n) is 2.61. The van der Waals surface area contributed by atoms with Crippen LogP contribution in [0.5, 0.6) is 0 Å². The predicted octanol–water partition coefficient (Wildman–Crippen LogP) is 3.26. The SMILES string of the molecule is C.CCCCCCCN(CC)CC(O)c1ccc(NS(N)(=O)=O)cc1. The molecule has 0 aliphatic carbocycles. The lowest BCUT2D eigenvalue weighted by Crippen LogP contribution is -2.29. The number of aliphatic hydroxyl groups excluding tert-OH is 1. The molecule has 0 saturated carbocycles. The highest BCUT2D eigenvalue weighted by Crippen LogP contribution is 2.18. The van der Waals surface area contributed by atoms with Crippen LogP contribution in [0.1, 0.15) is 65.0 Å². The third-order valence-corrected chi connectivity index (χ3v) is 4.53. The lowest BCUT2D eigenvalue weighted by Gasteiger charge is -2.24. The van der Waals surface area contributed by atoms with Crippen molar-refractivity contribution < 1.29 is 13.5 Å². The van der Waals surface area contributed by atoms with Gasteiger partial charge in [-0.2, -0.15) is 8.42 Å². The van der Waals surface area contributed by atoms with Gasteiger partial charge in [-0.05, 0) is 37.2 Å². The average Bonchev–Trinajstić information content (AvgIpc) is 2.52. The molecular formula is C18H35N3O3S. The molecule has 1 aromatic carbocycles. The minimum atomic E-state index is -3.77. The summed E-state index contributed by atoms with van der Waals surface area (Å²) in [5.41, 5.74) is 1.15. The Morgan fingerprint density at radius 3 is 2.24 bits per heavy atom. The summed E-state index contributed by atoms with van der Waals surface area (Å²) in [6.07, 6.45) is 5.59. The van der Waals surface area contributed by atoms with Crippen LogP contribution >= 0.6 is 0 Å². The van der Waals surface area contributed by atoms with E-state index in [0.717, 1.165) is 25.1 Å². The number of nitrogens with zero attached hydrogens (tertiary/aromatic N) is 1. The first-order valence-corrected chi connectivity index (χ1v) is 10.2. The molecule has 0 fully saturated rings. The summed E-state index contributed by atoms with van der Waals surface area (Å²) < 4.78 is 24.2. The van der Waals surface area contributed by atoms with Crippen molar-refractivity contribution in [2.75, 3.05) is 24.4 Å². The third-order valence-electron chi connectivity index (χ3n) is 4.01. The smallest absolute Gasteiger partial charge is 0.296 e. The minimum absolute atomic E-state index is 0. The lowest BCUT2D eigenvalue weighted by atomic mass is 10.1. The van der Waals surface area contributed by atoms with Gasteiger partial charge in [-0.15, -0.1) is 0 Å². The van der Waals surface area contributed by atoms with Crippen molar-refractivity contribution in [1.29, 1.82) is 0 Å². The first kappa shape index (κ1) is 23.9. The van der Waals surface area contributed by atoms with Crippen molar-refractivity contribution in [2.45, 2.75) is 59.5 Å². The standard InChI is InChI=1S/C17H31N3O3S.CH4/c1-3-5-6-7-8-13-20(4-2)14-17(21)15-9-11-16(12-10-15)19-24(18,22)23;/h9-12,17,19,21H,3-8,13-14H2,1-2H3,(H2,18,22,23);1H4. The van der Waals surface area contributed by atoms with E-state index >= 15 is 0 Å². The van der Waals surface area contributed by atoms with Crippen LogP contribution in [0, 0.1) is 0 Å². The van der Waals surface area contributed by atoms with E-state index in [2.05, 4.69) is 23.5 Å². The van der Waals surface area contributed by atoms with Gasteiger partial charge in [0, 0.05) is 12.2 Å². The van der Waals surface area contributed by atoms with E-state index < -0.39 is 16.3 Å². The Morgan fingerprint density at radius 2 is 1.72 bits per heavy atom. The summed E-state index contributed by atoms with van der Waals surface area (Å²) in [7, 11) is -3.77. The number of rotatable bonds is 12. The minimum Gasteiger partial charge on any atom is -0.387 e. The van der Waals surface area contributed by atoms with Gasteiger partial charge >= 0.3 is 0 Å². The monoisotopic (exact) mass is 373 g/mol. The molecule has 0 aliphatic heterocycles. The summed E-state index contributed by atoms with van der Waals surface area (Å²) in [4.78, 5) is 2.24. The van der Waals surface area contributed by atoms with Crippen LogP contribution in [-0.2, 0) is 10.2 Å². The van der Waals surface area contributed by atoms with Crippen LogP contribution in [0.25, 0.3) is 0 Å². The molecule has 0 aliphatic rings. The van der Waals surface area contributed by atoms with Gasteiger partial charge in [-0.25, -0.2) is 5.14 Å². The molecule has 6 nitrogen and oxygen atoms in total. The van der Waals surface area contributed by atoms with Gasteiger partial charge in [0.15, 0.2) is 0 Å². The van der Waals surface area contributed by atoms with E-state index in [1.54, 1.807) is 24.3 Å². The summed E-state index contributed by atoms with van der Waals surface area (Å²) in [5, 5.41) is 15.3. The fourth-order valence-corrected chi connectivity index (χ4v) is 3.07. The maximum atomic E-state index is 11.0. The van der Waals surface area contributed by atoms with E-state index in [-0.39, 0.29) is 7.43 Å². The molecule has 0 bridgehead atoms. The highest BCUT2D eigenvalue weighted by molar-refractivity contribution is 7.90. The van der Waals surface area contributed by atoms with E-state index in [4.69, 9.17) is 5.14 Å². The normalized spacial score (nSPS) is 12.7. The molecule has 1 rings (SSSR count). The highest BCUT2D eigenvalue weighted by atomic mass is 32.2. The Balaban J connectivity index is 0.00000576. The molecule has 4 N–H and O–H groups in total. The first-order valence-electron chi connectivity index (χ1n) is 8.66. The zero-order valence-corrected chi connectivity index (χ0v) is 15.6. The maximum Gasteiger partial charge on any atom is 0.296 e. The molecule has 0 heterocycles. The average molecular weight is 374 g/mol. The third kappa shape index (κ3) is 10.4. The molecule has 1 atom stereocenters. The van der Waals surface area contributed by atoms with Crippen LogP contribution in [0.2, 0.25) is 0 Å². The number of hydrogen-bond donors (Lipinski definition) is 3. The molecule has 0 radical (unpaired) electrons. The summed E-state index contributed by atoms with van der Waals surface area (Å²) in [6.45, 7) is 6.76. The topological polar surface area (TPSA) is 95.7 Å². The van der Waals surface area contributed by atoms with Crippen LogP contribution in [0.4, 0.5) is 5.69 Å². The first-order chi connectivity index (χ1) is 11.4. The highest BCUT2D eigenvalue weighted by Gasteiger charge is 2.12. The number of nitrogens with two attached hydrogens (primary N) is 1. The van der Waals surface area contributed by atoms with Crippen molar-refractivity contribution >= 4 is 15.9 Å². The molecule has 1 unspecified atom stereocenters. The number of nitrogens with one attached hydrogen (secondary N) is 1. The lowest BCUT2D eigenvalue weighted by molar-refractivity contribution is 0.115. The molecule has 1 aromatic rings. The Hall–Kier alpha value is -1.15. The van der Waals surface area contributed by atoms with Crippen LogP contribution < -0.4 is 9.86 Å². The van der Waals surface area contributed by atoms with Gasteiger partial charge in [0.1, 0.15) is 0 Å². The predicted molar refractivity (Wildman–Crippen MR) is 106 cm³/mol. The second kappa shape index (κ2) is 12.2. The molecule has 25 heavy (non-hydrogen) atoms. The summed E-state index contributed by atoms with van der Waals surface area (Å²) in [5.74, 6) is 0. The zero-order chi connectivity index (χ0) is 18.0. The largest absolute Gasteiger partial charge is 0.387 e. The van der Waals surface area contributed by atoms with Gasteiger partial charge in [0.05, 0.1) is 6.10 Å². The van der Waals surface area contributed by atoms with Crippen LogP contribution in [-0.4, -0.2) is 38.1 Å². The number of aliphatic hydroxyl groups is 1. The van der Waals surface area contributed by atoms with Gasteiger partial charge in [0.25, 0.3) is 10.2 Å². The molecule has 7 heteroatoms. The van der Waals surface area contributed by atoms with Crippen LogP contribution in [0.3, 0.4) is 0 Å². The number of unbranched alkanes of at least 4 members (excludes halogenated alkanes) is 4. The van der Waals surface area contributed by atoms with Crippen LogP contribution in [0.15, 0.2) is 24.3 Å². The molecular weight excluding hydrogens is 338 g/mol. The van der Waals surface area contributed by atoms with E-state index in [9.17, 15) is 13.5 Å². The maximum absolute atomic E-state index is 11.0. The van der Waals surface area contributed by atoms with E-state index in [0.29, 0.717) is 12.2 Å². The summed E-state index contributed by atoms with van der Waals surface area (Å²) in [6, 6.07) is 6.63. The quantitative estimate of drug-likeness (QED) is 0.490. The summed E-state index contributed by atoms with van der Waals surface area (Å²) >= 11 is 0. The van der Waals surface area contributed by atoms with E-state index in [1.165, 1.54) is 25.7 Å². The fraction of sp³-hybridized carbons (Fsp3) is 0.667. The van der Waals surface area contributed by atoms with Gasteiger partial charge < -0.3 is 10.0 Å². The van der Waals surface area contributed by atoms with Crippen molar-refractivity contribution in [1.82, 2.24) is 4.90 Å². The van der Waals surface area contributed by atoms with Crippen molar-refractivity contribution in [3.05, 3.63) is 29.8 Å². The second-order valence-electron chi connectivity index (χ2n) is 6.09. The van der Waals surface area contributed by atoms with Gasteiger partial charge in [-0.3, -0.25) is 4.72 Å². The Kier molecular flexibility index (Phi) is 11.7. The molecule has 0 saturated heterocycles. The molecule has 0 amide bonds. The molecule has 146 valence electrons. The van der Waals surface area contributed by atoms with Crippen molar-refractivity contribution in [2.24, 2.45) is 5.14 Å². The Morgan fingerprint density at radius 1 is 1.12 bits per heavy atom. The van der Waals surface area contributed by atoms with Gasteiger partial charge in [-0.1, -0.05) is 59.1 Å². The van der Waals surface area contributed by atoms with Crippen molar-refractivity contribution in [3.63, 3.8) is 0 Å². The number of likely N-dealkylation sites (N-methyl/N-ethyl adjacent to an activating group) is 1. The second-order valence-corrected chi connectivity index (χ2v) is 7.39. The van der Waals surface area contributed by atoms with Crippen molar-refractivity contribution in [3.8, 4) is 0 Å². The number of anilines is 1. The van der Waals surface area contributed by atoms with E-state index in [1.807, 2.05) is 0 Å².